The van der Waals surface area contributed by atoms with Gasteiger partial charge in [0, 0.05) is 6.42 Å². The number of nitrogen functional groups attached to an aromatic ring is 1. The summed E-state index contributed by atoms with van der Waals surface area (Å²) in [6.07, 6.45) is 1.81. The molecule has 0 bridgehead atoms. The quantitative estimate of drug-likeness (QED) is 0.312. The number of urea groups is 1. The zero-order valence-electron chi connectivity index (χ0n) is 8.27. The van der Waals surface area contributed by atoms with E-state index in [2.05, 4.69) is 21.8 Å². The first kappa shape index (κ1) is 15.9. The van der Waals surface area contributed by atoms with Gasteiger partial charge in [-0.25, -0.2) is 10.6 Å². The van der Waals surface area contributed by atoms with Crippen molar-refractivity contribution in [3.8, 4) is 0 Å². The highest BCUT2D eigenvalue weighted by Crippen LogP contribution is 2.01. The molecule has 88 valence electrons. The summed E-state index contributed by atoms with van der Waals surface area (Å²) in [5.74, 6) is 5.07. The Hall–Kier alpha value is -1.54. The van der Waals surface area contributed by atoms with Crippen molar-refractivity contribution in [1.82, 2.24) is 15.6 Å². The van der Waals surface area contributed by atoms with Gasteiger partial charge in [-0.2, -0.15) is 0 Å². The lowest BCUT2D eigenvalue weighted by Crippen LogP contribution is -2.34. The number of rotatable bonds is 2. The van der Waals surface area contributed by atoms with E-state index in [0.717, 1.165) is 12.8 Å². The van der Waals surface area contributed by atoms with Crippen LogP contribution in [0.1, 0.15) is 19.2 Å². The third kappa shape index (κ3) is 8.78. The fraction of sp³-hybridized carbons (Fsp3) is 0.500. The minimum absolute atomic E-state index is 0. The lowest BCUT2D eigenvalue weighted by atomic mass is 10.3. The molecule has 0 unspecified atom stereocenters. The summed E-state index contributed by atoms with van der Waals surface area (Å²) in [6.45, 7) is 2.04. The van der Waals surface area contributed by atoms with Crippen molar-refractivity contribution in [3.63, 3.8) is 0 Å². The zero-order chi connectivity index (χ0) is 11.0. The van der Waals surface area contributed by atoms with E-state index < -0.39 is 6.03 Å². The topological polar surface area (TPSA) is 146 Å². The number of carbonyl (C=O) groups excluding carboxylic acids is 1. The van der Waals surface area contributed by atoms with Gasteiger partial charge in [-0.1, -0.05) is 12.0 Å². The van der Waals surface area contributed by atoms with Gasteiger partial charge < -0.3 is 15.9 Å². The third-order valence-corrected chi connectivity index (χ3v) is 1.09. The Labute approximate surface area is 93.0 Å². The standard InChI is InChI=1S/C5H9N3O.CH5N3O.ClH/c1-2-3-4-7-8-5(6)9-4;2-1(5)4-3;/h2-3H2,1H3,(H2,6,8);3H2,(H3,2,4,5);1H. The van der Waals surface area contributed by atoms with Crippen LogP contribution in [0.4, 0.5) is 10.8 Å². The molecule has 0 saturated heterocycles. The summed E-state index contributed by atoms with van der Waals surface area (Å²) < 4.78 is 4.88. The number of aryl methyl sites for hydroxylation is 1. The van der Waals surface area contributed by atoms with Gasteiger partial charge in [0.1, 0.15) is 0 Å². The molecule has 1 aromatic heterocycles. The smallest absolute Gasteiger partial charge is 0.326 e. The number of aromatic nitrogens is 2. The Kier molecular flexibility index (Phi) is 9.58. The van der Waals surface area contributed by atoms with Crippen LogP contribution >= 0.6 is 12.4 Å². The lowest BCUT2D eigenvalue weighted by Gasteiger charge is -1.83. The molecule has 1 heterocycles. The molecule has 1 rings (SSSR count). The summed E-state index contributed by atoms with van der Waals surface area (Å²) in [4.78, 5) is 9.35. The highest BCUT2D eigenvalue weighted by Gasteiger charge is 1.98. The van der Waals surface area contributed by atoms with Gasteiger partial charge in [-0.3, -0.25) is 5.43 Å². The summed E-state index contributed by atoms with van der Waals surface area (Å²) in [5.41, 5.74) is 11.3. The summed E-state index contributed by atoms with van der Waals surface area (Å²) in [7, 11) is 0. The number of hydrogen-bond acceptors (Lipinski definition) is 6. The highest BCUT2D eigenvalue weighted by molar-refractivity contribution is 5.85. The Bertz CT molecular complexity index is 278. The van der Waals surface area contributed by atoms with Gasteiger partial charge >= 0.3 is 12.0 Å². The van der Waals surface area contributed by atoms with Crippen molar-refractivity contribution in [2.45, 2.75) is 19.8 Å². The normalized spacial score (nSPS) is 8.13. The van der Waals surface area contributed by atoms with E-state index in [1.54, 1.807) is 5.43 Å². The van der Waals surface area contributed by atoms with Gasteiger partial charge in [0.15, 0.2) is 0 Å². The van der Waals surface area contributed by atoms with E-state index in [9.17, 15) is 4.79 Å². The predicted octanol–water partition coefficient (Wildman–Crippen LogP) is -0.445. The lowest BCUT2D eigenvalue weighted by molar-refractivity contribution is 0.249. The summed E-state index contributed by atoms with van der Waals surface area (Å²) in [5, 5.41) is 7.16. The number of halogens is 1. The molecule has 2 amide bonds. The molecule has 0 saturated carbocycles. The number of hydrazine groups is 1. The van der Waals surface area contributed by atoms with Crippen LogP contribution in [0.3, 0.4) is 0 Å². The van der Waals surface area contributed by atoms with E-state index in [-0.39, 0.29) is 18.4 Å². The monoisotopic (exact) mass is 238 g/mol. The van der Waals surface area contributed by atoms with Crippen molar-refractivity contribution < 1.29 is 9.21 Å². The van der Waals surface area contributed by atoms with E-state index >= 15 is 0 Å². The second kappa shape index (κ2) is 9.03. The number of anilines is 1. The van der Waals surface area contributed by atoms with Gasteiger partial charge in [0.05, 0.1) is 0 Å². The van der Waals surface area contributed by atoms with E-state index in [1.165, 1.54) is 0 Å². The Morgan fingerprint density at radius 3 is 2.33 bits per heavy atom. The van der Waals surface area contributed by atoms with Crippen molar-refractivity contribution >= 4 is 24.5 Å². The van der Waals surface area contributed by atoms with Crippen LogP contribution in [0.2, 0.25) is 0 Å². The number of carbonyl (C=O) groups is 1. The van der Waals surface area contributed by atoms with Crippen LogP contribution in [0.5, 0.6) is 0 Å². The maximum absolute atomic E-state index is 9.35. The molecule has 7 N–H and O–H groups in total. The molecule has 0 spiro atoms. The fourth-order valence-electron chi connectivity index (χ4n) is 0.581. The molecule has 0 radical (unpaired) electrons. The van der Waals surface area contributed by atoms with Crippen molar-refractivity contribution in [2.75, 3.05) is 5.73 Å². The Morgan fingerprint density at radius 2 is 2.07 bits per heavy atom. The van der Waals surface area contributed by atoms with Crippen molar-refractivity contribution in [1.29, 1.82) is 0 Å². The average molecular weight is 239 g/mol. The van der Waals surface area contributed by atoms with Gasteiger partial charge in [0.2, 0.25) is 5.89 Å². The molecule has 0 fully saturated rings. The van der Waals surface area contributed by atoms with E-state index in [4.69, 9.17) is 10.2 Å². The molecule has 8 nitrogen and oxygen atoms in total. The number of amides is 2. The molecule has 1 aromatic rings. The first-order chi connectivity index (χ1) is 6.60. The first-order valence-electron chi connectivity index (χ1n) is 3.94. The van der Waals surface area contributed by atoms with Crippen LogP contribution in [0, 0.1) is 0 Å². The molecular weight excluding hydrogens is 224 g/mol. The third-order valence-electron chi connectivity index (χ3n) is 1.09. The van der Waals surface area contributed by atoms with Crippen LogP contribution in [-0.2, 0) is 6.42 Å². The first-order valence-corrected chi connectivity index (χ1v) is 3.94. The molecule has 0 aliphatic carbocycles. The highest BCUT2D eigenvalue weighted by atomic mass is 35.5. The predicted molar refractivity (Wildman–Crippen MR) is 56.9 cm³/mol. The zero-order valence-corrected chi connectivity index (χ0v) is 9.08. The SMILES string of the molecule is CCCc1nnc(N)o1.Cl.NNC(N)=O. The van der Waals surface area contributed by atoms with E-state index in [1.807, 2.05) is 6.92 Å². The second-order valence-corrected chi connectivity index (χ2v) is 2.29. The molecule has 0 aromatic carbocycles. The number of primary amides is 1. The fourth-order valence-corrected chi connectivity index (χ4v) is 0.581. The minimum atomic E-state index is -0.718. The molecule has 15 heavy (non-hydrogen) atoms. The Morgan fingerprint density at radius 1 is 1.53 bits per heavy atom. The van der Waals surface area contributed by atoms with Crippen molar-refractivity contribution in [2.24, 2.45) is 11.6 Å². The van der Waals surface area contributed by atoms with Crippen molar-refractivity contribution in [3.05, 3.63) is 5.89 Å². The molecular formula is C6H15ClN6O2. The average Bonchev–Trinajstić information content (AvgIpc) is 2.53. The molecule has 9 heteroatoms. The van der Waals surface area contributed by atoms with Gasteiger partial charge in [0.25, 0.3) is 0 Å². The number of nitrogens with zero attached hydrogens (tertiary/aromatic N) is 2. The van der Waals surface area contributed by atoms with Gasteiger partial charge in [-0.15, -0.1) is 17.5 Å². The minimum Gasteiger partial charge on any atom is -0.408 e. The number of nitrogens with one attached hydrogen (secondary N) is 1. The molecule has 0 atom stereocenters. The largest absolute Gasteiger partial charge is 0.408 e. The van der Waals surface area contributed by atoms with Crippen LogP contribution in [0.15, 0.2) is 4.42 Å². The van der Waals surface area contributed by atoms with Gasteiger partial charge in [-0.05, 0) is 6.42 Å². The Balaban J connectivity index is 0. The summed E-state index contributed by atoms with van der Waals surface area (Å²) >= 11 is 0. The summed E-state index contributed by atoms with van der Waals surface area (Å²) in [6, 6.07) is -0.566. The molecule has 0 aliphatic heterocycles. The maximum Gasteiger partial charge on any atom is 0.326 e. The van der Waals surface area contributed by atoms with E-state index in [0.29, 0.717) is 5.89 Å². The molecule has 0 aliphatic rings. The number of hydrogen-bond donors (Lipinski definition) is 4. The van der Waals surface area contributed by atoms with Crippen LogP contribution in [0.25, 0.3) is 0 Å². The van der Waals surface area contributed by atoms with Crippen LogP contribution in [-0.4, -0.2) is 16.2 Å². The number of nitrogens with two attached hydrogens (primary N) is 3. The maximum atomic E-state index is 9.35. The second-order valence-electron chi connectivity index (χ2n) is 2.29. The van der Waals surface area contributed by atoms with Crippen LogP contribution < -0.4 is 22.7 Å².